The second kappa shape index (κ2) is 7.86. The van der Waals surface area contributed by atoms with Crippen LogP contribution in [-0.4, -0.2) is 31.6 Å². The predicted molar refractivity (Wildman–Crippen MR) is 112 cm³/mol. The molecule has 0 unspecified atom stereocenters. The van der Waals surface area contributed by atoms with Gasteiger partial charge in [-0.1, -0.05) is 42.1 Å². The summed E-state index contributed by atoms with van der Waals surface area (Å²) in [5, 5.41) is 3.05. The lowest BCUT2D eigenvalue weighted by molar-refractivity contribution is -0.133. The van der Waals surface area contributed by atoms with Crippen LogP contribution in [0.15, 0.2) is 51.7 Å². The third-order valence-electron chi connectivity index (χ3n) is 4.28. The van der Waals surface area contributed by atoms with E-state index >= 15 is 0 Å². The average Bonchev–Trinajstić information content (AvgIpc) is 3.10. The van der Waals surface area contributed by atoms with Crippen LogP contribution in [0.4, 0.5) is 0 Å². The second-order valence-corrected chi connectivity index (χ2v) is 9.16. The molecule has 2 aromatic heterocycles. The second-order valence-electron chi connectivity index (χ2n) is 7.32. The van der Waals surface area contributed by atoms with Crippen LogP contribution in [0.1, 0.15) is 26.3 Å². The van der Waals surface area contributed by atoms with Crippen molar-refractivity contribution in [3.8, 4) is 0 Å². The van der Waals surface area contributed by atoms with Gasteiger partial charge in [0.05, 0.1) is 11.1 Å². The molecule has 0 saturated heterocycles. The lowest BCUT2D eigenvalue weighted by Crippen LogP contribution is -2.46. The Bertz CT molecular complexity index is 1000. The standard InChI is InChI=1S/C20H23N3O2S2/c1-20(2,3)23(12-14-8-6-5-7-9-14)16(24)13-27-19-21-17-15(10-11-26-17)18(25)22(19)4/h5-11H,12-13H2,1-4H3. The maximum atomic E-state index is 13.0. The number of aromatic nitrogens is 2. The average molecular weight is 402 g/mol. The van der Waals surface area contributed by atoms with Gasteiger partial charge in [-0.15, -0.1) is 11.3 Å². The monoisotopic (exact) mass is 401 g/mol. The molecule has 1 aromatic carbocycles. The Hall–Kier alpha value is -2.12. The van der Waals surface area contributed by atoms with Crippen LogP contribution in [0.3, 0.4) is 0 Å². The number of carbonyl (C=O) groups excluding carboxylic acids is 1. The lowest BCUT2D eigenvalue weighted by atomic mass is 10.0. The summed E-state index contributed by atoms with van der Waals surface area (Å²) in [4.78, 5) is 32.5. The highest BCUT2D eigenvalue weighted by Gasteiger charge is 2.27. The van der Waals surface area contributed by atoms with E-state index in [-0.39, 0.29) is 22.8 Å². The Morgan fingerprint density at radius 1 is 1.22 bits per heavy atom. The first-order valence-corrected chi connectivity index (χ1v) is 10.6. The molecule has 7 heteroatoms. The molecule has 2 heterocycles. The Morgan fingerprint density at radius 2 is 1.93 bits per heavy atom. The van der Waals surface area contributed by atoms with Crippen molar-refractivity contribution >= 4 is 39.2 Å². The summed E-state index contributed by atoms with van der Waals surface area (Å²) in [5.41, 5.74) is 0.717. The largest absolute Gasteiger partial charge is 0.333 e. The molecule has 27 heavy (non-hydrogen) atoms. The van der Waals surface area contributed by atoms with E-state index in [4.69, 9.17) is 0 Å². The molecule has 0 atom stereocenters. The van der Waals surface area contributed by atoms with Gasteiger partial charge in [0.1, 0.15) is 4.83 Å². The van der Waals surface area contributed by atoms with Crippen LogP contribution in [0.25, 0.3) is 10.2 Å². The topological polar surface area (TPSA) is 55.2 Å². The van der Waals surface area contributed by atoms with Crippen LogP contribution in [0.2, 0.25) is 0 Å². The van der Waals surface area contributed by atoms with Gasteiger partial charge in [-0.25, -0.2) is 4.98 Å². The first-order valence-electron chi connectivity index (χ1n) is 8.69. The van der Waals surface area contributed by atoms with E-state index in [1.54, 1.807) is 13.1 Å². The highest BCUT2D eigenvalue weighted by atomic mass is 32.2. The van der Waals surface area contributed by atoms with Gasteiger partial charge in [-0.05, 0) is 37.8 Å². The fourth-order valence-corrected chi connectivity index (χ4v) is 4.43. The molecular weight excluding hydrogens is 378 g/mol. The summed E-state index contributed by atoms with van der Waals surface area (Å²) < 4.78 is 1.52. The van der Waals surface area contributed by atoms with E-state index in [1.807, 2.05) is 61.4 Å². The first-order chi connectivity index (χ1) is 12.8. The van der Waals surface area contributed by atoms with Crippen LogP contribution < -0.4 is 5.56 Å². The smallest absolute Gasteiger partial charge is 0.262 e. The minimum Gasteiger partial charge on any atom is -0.333 e. The maximum absolute atomic E-state index is 13.0. The van der Waals surface area contributed by atoms with Gasteiger partial charge in [0.25, 0.3) is 5.56 Å². The molecule has 0 aliphatic carbocycles. The quantitative estimate of drug-likeness (QED) is 0.480. The van der Waals surface area contributed by atoms with Gasteiger partial charge < -0.3 is 4.90 Å². The number of thiophene rings is 1. The van der Waals surface area contributed by atoms with Crippen LogP contribution in [0, 0.1) is 0 Å². The van der Waals surface area contributed by atoms with Crippen molar-refractivity contribution < 1.29 is 4.79 Å². The van der Waals surface area contributed by atoms with Crippen molar-refractivity contribution in [3.05, 3.63) is 57.7 Å². The minimum atomic E-state index is -0.301. The highest BCUT2D eigenvalue weighted by Crippen LogP contribution is 2.23. The van der Waals surface area contributed by atoms with Gasteiger partial charge in [0.2, 0.25) is 5.91 Å². The molecule has 0 fully saturated rings. The van der Waals surface area contributed by atoms with Gasteiger partial charge in [0.15, 0.2) is 5.16 Å². The van der Waals surface area contributed by atoms with Gasteiger partial charge in [-0.2, -0.15) is 0 Å². The fraction of sp³-hybridized carbons (Fsp3) is 0.350. The van der Waals surface area contributed by atoms with E-state index in [0.717, 1.165) is 5.56 Å². The predicted octanol–water partition coefficient (Wildman–Crippen LogP) is 3.91. The van der Waals surface area contributed by atoms with Crippen LogP contribution >= 0.6 is 23.1 Å². The number of hydrogen-bond acceptors (Lipinski definition) is 5. The molecule has 1 amide bonds. The van der Waals surface area contributed by atoms with Crippen molar-refractivity contribution in [2.24, 2.45) is 7.05 Å². The normalized spacial score (nSPS) is 11.7. The first kappa shape index (κ1) is 19.6. The summed E-state index contributed by atoms with van der Waals surface area (Å²) in [5.74, 6) is 0.262. The molecule has 0 N–H and O–H groups in total. The molecule has 3 aromatic rings. The van der Waals surface area contributed by atoms with Crippen molar-refractivity contribution in [2.45, 2.75) is 38.0 Å². The van der Waals surface area contributed by atoms with Gasteiger partial charge in [-0.3, -0.25) is 14.2 Å². The number of hydrogen-bond donors (Lipinski definition) is 0. The molecule has 142 valence electrons. The number of amides is 1. The summed E-state index contributed by atoms with van der Waals surface area (Å²) in [6, 6.07) is 11.8. The molecule has 0 radical (unpaired) electrons. The highest BCUT2D eigenvalue weighted by molar-refractivity contribution is 7.99. The SMILES string of the molecule is Cn1c(SCC(=O)N(Cc2ccccc2)C(C)(C)C)nc2sccc2c1=O. The number of fused-ring (bicyclic) bond motifs is 1. The summed E-state index contributed by atoms with van der Waals surface area (Å²) in [6.45, 7) is 6.65. The van der Waals surface area contributed by atoms with Crippen LogP contribution in [0.5, 0.6) is 0 Å². The maximum Gasteiger partial charge on any atom is 0.262 e. The Labute approximate surface area is 167 Å². The van der Waals surface area contributed by atoms with E-state index in [0.29, 0.717) is 21.9 Å². The van der Waals surface area contributed by atoms with Crippen molar-refractivity contribution in [3.63, 3.8) is 0 Å². The number of nitrogens with zero attached hydrogens (tertiary/aromatic N) is 3. The van der Waals surface area contributed by atoms with Crippen molar-refractivity contribution in [1.82, 2.24) is 14.5 Å². The molecule has 5 nitrogen and oxygen atoms in total. The van der Waals surface area contributed by atoms with E-state index in [9.17, 15) is 9.59 Å². The summed E-state index contributed by atoms with van der Waals surface area (Å²) in [6.07, 6.45) is 0. The van der Waals surface area contributed by atoms with Gasteiger partial charge in [0, 0.05) is 19.1 Å². The summed E-state index contributed by atoms with van der Waals surface area (Å²) in [7, 11) is 1.70. The van der Waals surface area contributed by atoms with Crippen molar-refractivity contribution in [2.75, 3.05) is 5.75 Å². The van der Waals surface area contributed by atoms with E-state index in [1.165, 1.54) is 27.7 Å². The zero-order valence-electron chi connectivity index (χ0n) is 15.9. The van der Waals surface area contributed by atoms with Crippen molar-refractivity contribution in [1.29, 1.82) is 0 Å². The molecule has 0 saturated carbocycles. The molecule has 0 aliphatic heterocycles. The summed E-state index contributed by atoms with van der Waals surface area (Å²) >= 11 is 2.75. The Morgan fingerprint density at radius 3 is 2.59 bits per heavy atom. The lowest BCUT2D eigenvalue weighted by Gasteiger charge is -2.36. The zero-order valence-corrected chi connectivity index (χ0v) is 17.6. The third-order valence-corrected chi connectivity index (χ3v) is 6.10. The van der Waals surface area contributed by atoms with Crippen LogP contribution in [-0.2, 0) is 18.4 Å². The molecule has 3 rings (SSSR count). The Kier molecular flexibility index (Phi) is 5.72. The zero-order chi connectivity index (χ0) is 19.6. The molecule has 0 aliphatic rings. The van der Waals surface area contributed by atoms with E-state index in [2.05, 4.69) is 4.98 Å². The fourth-order valence-electron chi connectivity index (χ4n) is 2.78. The number of carbonyl (C=O) groups is 1. The number of rotatable bonds is 5. The Balaban J connectivity index is 1.78. The molecule has 0 bridgehead atoms. The van der Waals surface area contributed by atoms with Gasteiger partial charge >= 0.3 is 0 Å². The number of thioether (sulfide) groups is 1. The third kappa shape index (κ3) is 4.42. The molecular formula is C20H23N3O2S2. The molecule has 0 spiro atoms. The minimum absolute atomic E-state index is 0.0249. The van der Waals surface area contributed by atoms with E-state index < -0.39 is 0 Å². The number of benzene rings is 1.